The van der Waals surface area contributed by atoms with E-state index in [1.54, 1.807) is 0 Å². The van der Waals surface area contributed by atoms with E-state index in [1.165, 1.54) is 0 Å². The zero-order valence-corrected chi connectivity index (χ0v) is 8.16. The Morgan fingerprint density at radius 1 is 1.46 bits per heavy atom. The molecule has 1 amide bonds. The maximum absolute atomic E-state index is 10.4. The fourth-order valence-corrected chi connectivity index (χ4v) is 1.19. The van der Waals surface area contributed by atoms with Crippen LogP contribution in [0.4, 0.5) is 4.79 Å². The van der Waals surface area contributed by atoms with Gasteiger partial charge in [-0.15, -0.1) is 0 Å². The van der Waals surface area contributed by atoms with Crippen molar-refractivity contribution < 1.29 is 14.6 Å². The van der Waals surface area contributed by atoms with Crippen LogP contribution >= 0.6 is 0 Å². The number of amides is 1. The molecule has 0 aliphatic carbocycles. The molecule has 1 atom stereocenters. The fraction of sp³-hybridized carbons (Fsp3) is 0.889. The second-order valence-corrected chi connectivity index (χ2v) is 3.07. The van der Waals surface area contributed by atoms with E-state index in [2.05, 4.69) is 6.92 Å². The van der Waals surface area contributed by atoms with Crippen LogP contribution in [0.3, 0.4) is 0 Å². The zero-order valence-electron chi connectivity index (χ0n) is 8.16. The molecule has 0 heterocycles. The van der Waals surface area contributed by atoms with Gasteiger partial charge in [0.05, 0.1) is 0 Å². The summed E-state index contributed by atoms with van der Waals surface area (Å²) in [5, 5.41) is 8.67. The quantitative estimate of drug-likeness (QED) is 0.595. The van der Waals surface area contributed by atoms with Crippen LogP contribution < -0.4 is 5.73 Å². The van der Waals surface area contributed by atoms with Gasteiger partial charge in [-0.05, 0) is 12.8 Å². The molecule has 78 valence electrons. The van der Waals surface area contributed by atoms with Crippen molar-refractivity contribution in [3.05, 3.63) is 0 Å². The summed E-state index contributed by atoms with van der Waals surface area (Å²) in [6, 6.07) is 0. The van der Waals surface area contributed by atoms with Crippen molar-refractivity contribution in [1.82, 2.24) is 0 Å². The highest BCUT2D eigenvalue weighted by atomic mass is 16.6. The van der Waals surface area contributed by atoms with E-state index in [0.717, 1.165) is 25.7 Å². The van der Waals surface area contributed by atoms with Gasteiger partial charge >= 0.3 is 6.09 Å². The van der Waals surface area contributed by atoms with E-state index in [0.29, 0.717) is 6.42 Å². The van der Waals surface area contributed by atoms with E-state index in [4.69, 9.17) is 15.6 Å². The highest BCUT2D eigenvalue weighted by Gasteiger charge is 2.10. The maximum Gasteiger partial charge on any atom is 0.404 e. The summed E-state index contributed by atoms with van der Waals surface area (Å²) in [7, 11) is 0. The van der Waals surface area contributed by atoms with Gasteiger partial charge in [0.2, 0.25) is 0 Å². The summed E-state index contributed by atoms with van der Waals surface area (Å²) in [4.78, 5) is 10.4. The highest BCUT2D eigenvalue weighted by Crippen LogP contribution is 2.09. The SMILES string of the molecule is CCCCCC(CCO)OC(N)=O. The first-order valence-corrected chi connectivity index (χ1v) is 4.77. The Bertz CT molecular complexity index is 139. The third-order valence-electron chi connectivity index (χ3n) is 1.86. The molecule has 4 heteroatoms. The number of nitrogens with two attached hydrogens (primary N) is 1. The molecule has 0 bridgehead atoms. The highest BCUT2D eigenvalue weighted by molar-refractivity contribution is 5.64. The maximum atomic E-state index is 10.4. The molecule has 13 heavy (non-hydrogen) atoms. The minimum atomic E-state index is -0.755. The molecule has 0 saturated heterocycles. The summed E-state index contributed by atoms with van der Waals surface area (Å²) >= 11 is 0. The minimum Gasteiger partial charge on any atom is -0.446 e. The van der Waals surface area contributed by atoms with Crippen LogP contribution in [-0.4, -0.2) is 23.9 Å². The van der Waals surface area contributed by atoms with Crippen LogP contribution in [-0.2, 0) is 4.74 Å². The molecule has 0 fully saturated rings. The van der Waals surface area contributed by atoms with Gasteiger partial charge in [-0.1, -0.05) is 19.8 Å². The predicted molar refractivity (Wildman–Crippen MR) is 50.3 cm³/mol. The van der Waals surface area contributed by atoms with Gasteiger partial charge in [-0.2, -0.15) is 0 Å². The Balaban J connectivity index is 3.59. The van der Waals surface area contributed by atoms with Crippen LogP contribution in [0.15, 0.2) is 0 Å². The Hall–Kier alpha value is -0.770. The number of hydrogen-bond donors (Lipinski definition) is 2. The third-order valence-corrected chi connectivity index (χ3v) is 1.86. The Labute approximate surface area is 79.1 Å². The number of primary amides is 1. The number of carbonyl (C=O) groups excluding carboxylic acids is 1. The lowest BCUT2D eigenvalue weighted by molar-refractivity contribution is 0.0811. The Morgan fingerprint density at radius 3 is 2.62 bits per heavy atom. The second-order valence-electron chi connectivity index (χ2n) is 3.07. The molecule has 0 rings (SSSR count). The largest absolute Gasteiger partial charge is 0.446 e. The first-order chi connectivity index (χ1) is 6.20. The lowest BCUT2D eigenvalue weighted by atomic mass is 10.1. The first kappa shape index (κ1) is 12.2. The monoisotopic (exact) mass is 189 g/mol. The van der Waals surface area contributed by atoms with Gasteiger partial charge in [-0.25, -0.2) is 4.79 Å². The fourth-order valence-electron chi connectivity index (χ4n) is 1.19. The topological polar surface area (TPSA) is 72.6 Å². The number of aliphatic hydroxyl groups is 1. The number of unbranched alkanes of at least 4 members (excludes halogenated alkanes) is 2. The molecule has 0 aromatic rings. The van der Waals surface area contributed by atoms with Crippen molar-refractivity contribution in [1.29, 1.82) is 0 Å². The lowest BCUT2D eigenvalue weighted by Gasteiger charge is -2.14. The normalized spacial score (nSPS) is 12.5. The molecule has 0 aromatic heterocycles. The molecular weight excluding hydrogens is 170 g/mol. The molecule has 1 unspecified atom stereocenters. The van der Waals surface area contributed by atoms with Crippen molar-refractivity contribution in [2.45, 2.75) is 45.1 Å². The van der Waals surface area contributed by atoms with E-state index < -0.39 is 6.09 Å². The van der Waals surface area contributed by atoms with Gasteiger partial charge in [0.25, 0.3) is 0 Å². The number of aliphatic hydroxyl groups excluding tert-OH is 1. The molecule has 0 aromatic carbocycles. The molecular formula is C9H19NO3. The molecule has 0 aliphatic heterocycles. The minimum absolute atomic E-state index is 0.0318. The Morgan fingerprint density at radius 2 is 2.15 bits per heavy atom. The van der Waals surface area contributed by atoms with Crippen molar-refractivity contribution in [3.8, 4) is 0 Å². The molecule has 0 saturated carbocycles. The van der Waals surface area contributed by atoms with Crippen molar-refractivity contribution >= 4 is 6.09 Å². The molecule has 0 spiro atoms. The number of hydrogen-bond acceptors (Lipinski definition) is 3. The van der Waals surface area contributed by atoms with Crippen LogP contribution in [0.25, 0.3) is 0 Å². The summed E-state index contributed by atoms with van der Waals surface area (Å²) in [5.74, 6) is 0. The van der Waals surface area contributed by atoms with E-state index in [9.17, 15) is 4.79 Å². The van der Waals surface area contributed by atoms with Gasteiger partial charge in [0, 0.05) is 13.0 Å². The van der Waals surface area contributed by atoms with Crippen molar-refractivity contribution in [2.24, 2.45) is 5.73 Å². The molecule has 3 N–H and O–H groups in total. The van der Waals surface area contributed by atoms with Crippen LogP contribution in [0.2, 0.25) is 0 Å². The van der Waals surface area contributed by atoms with E-state index >= 15 is 0 Å². The second kappa shape index (κ2) is 7.86. The number of carbonyl (C=O) groups is 1. The van der Waals surface area contributed by atoms with Crippen LogP contribution in [0, 0.1) is 0 Å². The van der Waals surface area contributed by atoms with Gasteiger partial charge in [-0.3, -0.25) is 0 Å². The molecule has 0 radical (unpaired) electrons. The third kappa shape index (κ3) is 7.59. The lowest BCUT2D eigenvalue weighted by Crippen LogP contribution is -2.23. The average Bonchev–Trinajstić information content (AvgIpc) is 2.04. The number of rotatable bonds is 7. The first-order valence-electron chi connectivity index (χ1n) is 4.77. The van der Waals surface area contributed by atoms with Crippen LogP contribution in [0.1, 0.15) is 39.0 Å². The standard InChI is InChI=1S/C9H19NO3/c1-2-3-4-5-8(6-7-11)13-9(10)12/h8,11H,2-7H2,1H3,(H2,10,12). The summed E-state index contributed by atoms with van der Waals surface area (Å²) in [6.07, 6.45) is 3.55. The number of ether oxygens (including phenoxy) is 1. The van der Waals surface area contributed by atoms with E-state index in [1.807, 2.05) is 0 Å². The summed E-state index contributed by atoms with van der Waals surface area (Å²) < 4.78 is 4.82. The Kier molecular flexibility index (Phi) is 7.39. The average molecular weight is 189 g/mol. The van der Waals surface area contributed by atoms with Gasteiger partial charge in [0.15, 0.2) is 0 Å². The summed E-state index contributed by atoms with van der Waals surface area (Å²) in [6.45, 7) is 2.14. The van der Waals surface area contributed by atoms with Gasteiger partial charge in [0.1, 0.15) is 6.10 Å². The molecule has 4 nitrogen and oxygen atoms in total. The van der Waals surface area contributed by atoms with Crippen LogP contribution in [0.5, 0.6) is 0 Å². The van der Waals surface area contributed by atoms with Crippen molar-refractivity contribution in [3.63, 3.8) is 0 Å². The predicted octanol–water partition coefficient (Wildman–Crippen LogP) is 1.41. The van der Waals surface area contributed by atoms with E-state index in [-0.39, 0.29) is 12.7 Å². The van der Waals surface area contributed by atoms with Crippen molar-refractivity contribution in [2.75, 3.05) is 6.61 Å². The van der Waals surface area contributed by atoms with Gasteiger partial charge < -0.3 is 15.6 Å². The molecule has 0 aliphatic rings. The summed E-state index contributed by atoms with van der Waals surface area (Å²) in [5.41, 5.74) is 4.89. The zero-order chi connectivity index (χ0) is 10.1. The smallest absolute Gasteiger partial charge is 0.404 e.